The quantitative estimate of drug-likeness (QED) is 0.568. The van der Waals surface area contributed by atoms with Gasteiger partial charge in [0.15, 0.2) is 0 Å². The highest BCUT2D eigenvalue weighted by Crippen LogP contribution is 2.37. The van der Waals surface area contributed by atoms with Gasteiger partial charge in [0.2, 0.25) is 0 Å². The van der Waals surface area contributed by atoms with Crippen molar-refractivity contribution in [2.24, 2.45) is 0 Å². The van der Waals surface area contributed by atoms with Gasteiger partial charge in [0.25, 0.3) is 0 Å². The Morgan fingerprint density at radius 2 is 1.88 bits per heavy atom. The van der Waals surface area contributed by atoms with Crippen molar-refractivity contribution in [2.75, 3.05) is 13.2 Å². The van der Waals surface area contributed by atoms with Crippen LogP contribution in [0, 0.1) is 0 Å². The van der Waals surface area contributed by atoms with Crippen LogP contribution < -0.4 is 4.74 Å². The molecule has 2 bridgehead atoms. The van der Waals surface area contributed by atoms with Crippen molar-refractivity contribution in [1.82, 2.24) is 4.90 Å². The van der Waals surface area contributed by atoms with E-state index in [4.69, 9.17) is 9.47 Å². The fourth-order valence-electron chi connectivity index (χ4n) is 3.96. The first-order valence-electron chi connectivity index (χ1n) is 8.83. The highest BCUT2D eigenvalue weighted by atomic mass is 16.5. The van der Waals surface area contributed by atoms with Crippen molar-refractivity contribution < 1.29 is 19.1 Å². The molecule has 0 spiro atoms. The van der Waals surface area contributed by atoms with Gasteiger partial charge in [-0.15, -0.1) is 0 Å². The Morgan fingerprint density at radius 1 is 1.21 bits per heavy atom. The third kappa shape index (κ3) is 3.96. The van der Waals surface area contributed by atoms with Crippen LogP contribution in [0.15, 0.2) is 24.3 Å². The largest absolute Gasteiger partial charge is 0.490 e. The average Bonchev–Trinajstić information content (AvgIpc) is 2.83. The van der Waals surface area contributed by atoms with Gasteiger partial charge < -0.3 is 9.47 Å². The van der Waals surface area contributed by atoms with Crippen LogP contribution in [0.1, 0.15) is 49.4 Å². The molecule has 0 aromatic heterocycles. The van der Waals surface area contributed by atoms with Crippen LogP contribution in [0.25, 0.3) is 0 Å². The predicted molar refractivity (Wildman–Crippen MR) is 90.2 cm³/mol. The van der Waals surface area contributed by atoms with E-state index >= 15 is 0 Å². The highest BCUT2D eigenvalue weighted by molar-refractivity contribution is 5.74. The SMILES string of the molecule is CCOC(=O)CCN1[C@@H]2CC[C@H]1CC(Oc1ccc(C=O)cc1)C2. The second-order valence-corrected chi connectivity index (χ2v) is 6.58. The van der Waals surface area contributed by atoms with Gasteiger partial charge in [-0.05, 0) is 56.9 Å². The van der Waals surface area contributed by atoms with Gasteiger partial charge in [-0.25, -0.2) is 0 Å². The molecule has 2 saturated heterocycles. The van der Waals surface area contributed by atoms with Crippen molar-refractivity contribution in [3.05, 3.63) is 29.8 Å². The number of piperidine rings is 1. The Labute approximate surface area is 142 Å². The molecule has 2 aliphatic rings. The number of rotatable bonds is 7. The lowest BCUT2D eigenvalue weighted by Gasteiger charge is -2.38. The van der Waals surface area contributed by atoms with Gasteiger partial charge >= 0.3 is 5.97 Å². The van der Waals surface area contributed by atoms with Crippen molar-refractivity contribution in [3.63, 3.8) is 0 Å². The second-order valence-electron chi connectivity index (χ2n) is 6.58. The van der Waals surface area contributed by atoms with E-state index in [0.29, 0.717) is 30.7 Å². The molecule has 24 heavy (non-hydrogen) atoms. The van der Waals surface area contributed by atoms with E-state index < -0.39 is 0 Å². The Hall–Kier alpha value is -1.88. The molecule has 0 aliphatic carbocycles. The van der Waals surface area contributed by atoms with Gasteiger partial charge in [-0.3, -0.25) is 14.5 Å². The minimum Gasteiger partial charge on any atom is -0.490 e. The fourth-order valence-corrected chi connectivity index (χ4v) is 3.96. The van der Waals surface area contributed by atoms with E-state index in [1.807, 2.05) is 19.1 Å². The first-order chi connectivity index (χ1) is 11.7. The van der Waals surface area contributed by atoms with E-state index in [0.717, 1.165) is 31.4 Å². The molecular formula is C19H25NO4. The third-order valence-corrected chi connectivity index (χ3v) is 5.04. The van der Waals surface area contributed by atoms with Crippen molar-refractivity contribution in [1.29, 1.82) is 0 Å². The Balaban J connectivity index is 1.52. The van der Waals surface area contributed by atoms with Crippen LogP contribution in [0.3, 0.4) is 0 Å². The van der Waals surface area contributed by atoms with Gasteiger partial charge in [-0.2, -0.15) is 0 Å². The Bertz CT molecular complexity index is 557. The summed E-state index contributed by atoms with van der Waals surface area (Å²) in [6.45, 7) is 3.07. The van der Waals surface area contributed by atoms with Gasteiger partial charge in [0, 0.05) is 24.2 Å². The number of carbonyl (C=O) groups is 2. The van der Waals surface area contributed by atoms with Crippen LogP contribution in [-0.2, 0) is 9.53 Å². The average molecular weight is 331 g/mol. The van der Waals surface area contributed by atoms with Gasteiger partial charge in [-0.1, -0.05) is 0 Å². The number of esters is 1. The summed E-state index contributed by atoms with van der Waals surface area (Å²) < 4.78 is 11.1. The second kappa shape index (κ2) is 7.79. The molecule has 1 unspecified atom stereocenters. The molecule has 2 aliphatic heterocycles. The van der Waals surface area contributed by atoms with Crippen LogP contribution in [0.2, 0.25) is 0 Å². The lowest BCUT2D eigenvalue weighted by atomic mass is 9.99. The van der Waals surface area contributed by atoms with Crippen LogP contribution in [0.5, 0.6) is 5.75 Å². The zero-order chi connectivity index (χ0) is 16.9. The molecule has 2 fully saturated rings. The number of hydrogen-bond donors (Lipinski definition) is 0. The monoisotopic (exact) mass is 331 g/mol. The van der Waals surface area contributed by atoms with E-state index in [9.17, 15) is 9.59 Å². The molecule has 1 aromatic rings. The summed E-state index contributed by atoms with van der Waals surface area (Å²) in [6.07, 6.45) is 5.87. The molecule has 0 radical (unpaired) electrons. The number of benzene rings is 1. The minimum atomic E-state index is -0.106. The molecule has 3 rings (SSSR count). The molecule has 130 valence electrons. The van der Waals surface area contributed by atoms with Crippen molar-refractivity contribution in [2.45, 2.75) is 57.2 Å². The Morgan fingerprint density at radius 3 is 2.46 bits per heavy atom. The van der Waals surface area contributed by atoms with Crippen LogP contribution in [-0.4, -0.2) is 48.5 Å². The summed E-state index contributed by atoms with van der Waals surface area (Å²) in [4.78, 5) is 24.8. The van der Waals surface area contributed by atoms with Crippen LogP contribution >= 0.6 is 0 Å². The van der Waals surface area contributed by atoms with Gasteiger partial charge in [0.1, 0.15) is 18.1 Å². The maximum absolute atomic E-state index is 11.6. The maximum Gasteiger partial charge on any atom is 0.307 e. The van der Waals surface area contributed by atoms with Crippen LogP contribution in [0.4, 0.5) is 0 Å². The van der Waals surface area contributed by atoms with Crippen molar-refractivity contribution >= 4 is 12.3 Å². The molecule has 0 amide bonds. The van der Waals surface area contributed by atoms with Crippen molar-refractivity contribution in [3.8, 4) is 5.75 Å². The lowest BCUT2D eigenvalue weighted by molar-refractivity contribution is -0.143. The molecule has 0 saturated carbocycles. The van der Waals surface area contributed by atoms with Gasteiger partial charge in [0.05, 0.1) is 13.0 Å². The first kappa shape index (κ1) is 17.0. The molecule has 3 atom stereocenters. The predicted octanol–water partition coefficient (Wildman–Crippen LogP) is 2.83. The summed E-state index contributed by atoms with van der Waals surface area (Å²) in [5, 5.41) is 0. The summed E-state index contributed by atoms with van der Waals surface area (Å²) in [5.41, 5.74) is 0.663. The van der Waals surface area contributed by atoms with E-state index in [1.54, 1.807) is 12.1 Å². The fraction of sp³-hybridized carbons (Fsp3) is 0.579. The molecule has 0 N–H and O–H groups in total. The molecule has 5 nitrogen and oxygen atoms in total. The zero-order valence-corrected chi connectivity index (χ0v) is 14.1. The van der Waals surface area contributed by atoms with E-state index in [1.165, 1.54) is 12.8 Å². The number of hydrogen-bond acceptors (Lipinski definition) is 5. The zero-order valence-electron chi connectivity index (χ0n) is 14.1. The molecular weight excluding hydrogens is 306 g/mol. The lowest BCUT2D eigenvalue weighted by Crippen LogP contribution is -2.47. The van der Waals surface area contributed by atoms with E-state index in [-0.39, 0.29) is 12.1 Å². The van der Waals surface area contributed by atoms with E-state index in [2.05, 4.69) is 4.90 Å². The summed E-state index contributed by atoms with van der Waals surface area (Å²) >= 11 is 0. The number of fused-ring (bicyclic) bond motifs is 2. The standard InChI is InChI=1S/C19H25NO4/c1-2-23-19(22)9-10-20-15-5-6-16(20)12-18(11-15)24-17-7-3-14(13-21)4-8-17/h3-4,7-8,13,15-16,18H,2,5-6,9-12H2,1H3/t15-,16+,18?. The summed E-state index contributed by atoms with van der Waals surface area (Å²) in [6, 6.07) is 8.28. The number of nitrogens with zero attached hydrogens (tertiary/aromatic N) is 1. The molecule has 2 heterocycles. The maximum atomic E-state index is 11.6. The number of carbonyl (C=O) groups excluding carboxylic acids is 2. The smallest absolute Gasteiger partial charge is 0.307 e. The summed E-state index contributed by atoms with van der Waals surface area (Å²) in [5.74, 6) is 0.718. The summed E-state index contributed by atoms with van der Waals surface area (Å²) in [7, 11) is 0. The topological polar surface area (TPSA) is 55.8 Å². The normalized spacial score (nSPS) is 26.1. The Kier molecular flexibility index (Phi) is 5.51. The first-order valence-corrected chi connectivity index (χ1v) is 8.83. The molecule has 5 heteroatoms. The number of ether oxygens (including phenoxy) is 2. The number of aldehydes is 1. The highest BCUT2D eigenvalue weighted by Gasteiger charge is 2.41. The minimum absolute atomic E-state index is 0.106. The third-order valence-electron chi connectivity index (χ3n) is 5.04. The molecule has 1 aromatic carbocycles.